The van der Waals surface area contributed by atoms with Crippen molar-refractivity contribution in [3.8, 4) is 22.5 Å². The first kappa shape index (κ1) is 28.0. The van der Waals surface area contributed by atoms with Gasteiger partial charge in [0.15, 0.2) is 5.78 Å². The van der Waals surface area contributed by atoms with Gasteiger partial charge in [-0.1, -0.05) is 28.9 Å². The number of hydrogen-bond donors (Lipinski definition) is 0. The molecule has 0 bridgehead atoms. The summed E-state index contributed by atoms with van der Waals surface area (Å²) in [5.74, 6) is -0.448. The lowest BCUT2D eigenvalue weighted by molar-refractivity contribution is -0.143. The van der Waals surface area contributed by atoms with Gasteiger partial charge in [0.25, 0.3) is 0 Å². The molecule has 0 aliphatic rings. The van der Waals surface area contributed by atoms with Crippen LogP contribution in [-0.2, 0) is 18.9 Å². The summed E-state index contributed by atoms with van der Waals surface area (Å²) in [6, 6.07) is 12.3. The average Bonchev–Trinajstić information content (AvgIpc) is 3.35. The number of ketones is 1. The van der Waals surface area contributed by atoms with Crippen LogP contribution in [0, 0.1) is 0 Å². The fourth-order valence-electron chi connectivity index (χ4n) is 4.26. The van der Waals surface area contributed by atoms with Crippen LogP contribution in [0.5, 0.6) is 0 Å². The van der Waals surface area contributed by atoms with Crippen molar-refractivity contribution < 1.29 is 31.1 Å². The second kappa shape index (κ2) is 10.8. The van der Waals surface area contributed by atoms with Crippen LogP contribution in [0.25, 0.3) is 22.5 Å². The predicted molar refractivity (Wildman–Crippen MR) is 137 cm³/mol. The molecule has 208 valence electrons. The van der Waals surface area contributed by atoms with Crippen molar-refractivity contribution in [2.24, 2.45) is 0 Å². The van der Waals surface area contributed by atoms with Crippen LogP contribution < -0.4 is 0 Å². The van der Waals surface area contributed by atoms with Gasteiger partial charge in [-0.15, -0.1) is 5.10 Å². The second-order valence-electron chi connectivity index (χ2n) is 8.82. The molecule has 0 atom stereocenters. The van der Waals surface area contributed by atoms with Crippen LogP contribution in [0.2, 0.25) is 5.02 Å². The van der Waals surface area contributed by atoms with E-state index < -0.39 is 35.8 Å². The summed E-state index contributed by atoms with van der Waals surface area (Å²) in [5.41, 5.74) is -1.81. The Morgan fingerprint density at radius 3 is 2.07 bits per heavy atom. The molecule has 2 aromatic carbocycles. The molecule has 0 aliphatic carbocycles. The third-order valence-electron chi connectivity index (χ3n) is 6.11. The highest BCUT2D eigenvalue weighted by Gasteiger charge is 2.37. The van der Waals surface area contributed by atoms with E-state index in [0.717, 1.165) is 4.68 Å². The molecular weight excluding hydrogens is 572 g/mol. The number of pyridine rings is 2. The van der Waals surface area contributed by atoms with Crippen molar-refractivity contribution in [1.29, 1.82) is 0 Å². The molecule has 5 aromatic rings. The Morgan fingerprint density at radius 2 is 1.44 bits per heavy atom. The minimum absolute atomic E-state index is 0.0578. The van der Waals surface area contributed by atoms with Gasteiger partial charge >= 0.3 is 12.4 Å². The van der Waals surface area contributed by atoms with E-state index in [4.69, 9.17) is 11.6 Å². The molecule has 0 unspecified atom stereocenters. The lowest BCUT2D eigenvalue weighted by atomic mass is 9.96. The maximum atomic E-state index is 13.5. The van der Waals surface area contributed by atoms with E-state index in [9.17, 15) is 31.1 Å². The molecule has 41 heavy (non-hydrogen) atoms. The Morgan fingerprint density at radius 1 is 0.805 bits per heavy atom. The number of aromatic nitrogens is 5. The number of carbonyl (C=O) groups is 1. The van der Waals surface area contributed by atoms with Gasteiger partial charge in [0.05, 0.1) is 28.4 Å². The summed E-state index contributed by atoms with van der Waals surface area (Å²) in [6.45, 7) is -0.494. The Bertz CT molecular complexity index is 1700. The zero-order valence-electron chi connectivity index (χ0n) is 20.6. The highest BCUT2D eigenvalue weighted by Crippen LogP contribution is 2.38. The Hall–Kier alpha value is -4.58. The van der Waals surface area contributed by atoms with Crippen LogP contribution in [0.15, 0.2) is 85.5 Å². The van der Waals surface area contributed by atoms with Crippen LogP contribution in [0.1, 0.15) is 32.6 Å². The monoisotopic (exact) mass is 587 g/mol. The number of alkyl halides is 6. The molecule has 0 amide bonds. The van der Waals surface area contributed by atoms with E-state index in [2.05, 4.69) is 20.3 Å². The Kier molecular flexibility index (Phi) is 7.35. The minimum Gasteiger partial charge on any atom is -0.289 e. The number of benzene rings is 2. The highest BCUT2D eigenvalue weighted by molar-refractivity contribution is 6.35. The van der Waals surface area contributed by atoms with E-state index >= 15 is 0 Å². The van der Waals surface area contributed by atoms with Crippen molar-refractivity contribution in [3.05, 3.63) is 118 Å². The fraction of sp³-hybridized carbons (Fsp3) is 0.107. The van der Waals surface area contributed by atoms with Gasteiger partial charge in [-0.2, -0.15) is 26.3 Å². The summed E-state index contributed by atoms with van der Waals surface area (Å²) in [6.07, 6.45) is -4.37. The normalized spacial score (nSPS) is 12.0. The van der Waals surface area contributed by atoms with Gasteiger partial charge in [-0.3, -0.25) is 14.8 Å². The Balaban J connectivity index is 1.67. The molecule has 0 spiro atoms. The van der Waals surface area contributed by atoms with Gasteiger partial charge < -0.3 is 0 Å². The van der Waals surface area contributed by atoms with Crippen molar-refractivity contribution in [2.45, 2.75) is 18.9 Å². The number of nitrogens with zero attached hydrogens (tertiary/aromatic N) is 5. The molecule has 3 aromatic heterocycles. The van der Waals surface area contributed by atoms with E-state index in [1.165, 1.54) is 30.9 Å². The van der Waals surface area contributed by atoms with Crippen LogP contribution in [-0.4, -0.2) is 30.7 Å². The van der Waals surface area contributed by atoms with Crippen LogP contribution in [0.3, 0.4) is 0 Å². The van der Waals surface area contributed by atoms with Crippen LogP contribution in [0.4, 0.5) is 26.3 Å². The van der Waals surface area contributed by atoms with Crippen molar-refractivity contribution in [1.82, 2.24) is 25.0 Å². The second-order valence-corrected chi connectivity index (χ2v) is 9.23. The summed E-state index contributed by atoms with van der Waals surface area (Å²) in [4.78, 5) is 21.5. The molecule has 0 N–H and O–H groups in total. The molecular formula is C28H16ClF6N5O. The number of rotatable bonds is 6. The molecule has 13 heteroatoms. The van der Waals surface area contributed by atoms with Crippen LogP contribution >= 0.6 is 11.6 Å². The van der Waals surface area contributed by atoms with Gasteiger partial charge in [0.2, 0.25) is 0 Å². The van der Waals surface area contributed by atoms with E-state index in [1.807, 2.05) is 0 Å². The van der Waals surface area contributed by atoms with Gasteiger partial charge in [0, 0.05) is 47.0 Å². The topological polar surface area (TPSA) is 73.6 Å². The summed E-state index contributed by atoms with van der Waals surface area (Å²) in [5, 5.41) is 8.45. The van der Waals surface area contributed by atoms with Crippen molar-refractivity contribution >= 4 is 17.4 Å². The number of carbonyl (C=O) groups excluding carboxylic acids is 1. The minimum atomic E-state index is -5.01. The fourth-order valence-corrected chi connectivity index (χ4v) is 4.48. The van der Waals surface area contributed by atoms with Gasteiger partial charge in [0.1, 0.15) is 5.69 Å². The SMILES string of the molecule is O=C(c1ccccc1Cl)c1ccncc1-c1nnn(Cc2cc(C(F)(F)F)cc(C(F)(F)F)c2)c1-c1ccncc1. The lowest BCUT2D eigenvalue weighted by Crippen LogP contribution is -2.13. The van der Waals surface area contributed by atoms with E-state index in [1.54, 1.807) is 36.4 Å². The number of halogens is 7. The molecule has 5 rings (SSSR count). The first-order valence-electron chi connectivity index (χ1n) is 11.8. The predicted octanol–water partition coefficient (Wildman–Crippen LogP) is 7.37. The molecule has 0 fully saturated rings. The first-order valence-corrected chi connectivity index (χ1v) is 12.2. The maximum Gasteiger partial charge on any atom is 0.416 e. The van der Waals surface area contributed by atoms with E-state index in [-0.39, 0.29) is 44.7 Å². The summed E-state index contributed by atoms with van der Waals surface area (Å²) in [7, 11) is 0. The quantitative estimate of drug-likeness (QED) is 0.153. The molecule has 6 nitrogen and oxygen atoms in total. The maximum absolute atomic E-state index is 13.5. The molecule has 0 saturated carbocycles. The van der Waals surface area contributed by atoms with Gasteiger partial charge in [-0.25, -0.2) is 4.68 Å². The third kappa shape index (κ3) is 5.82. The molecule has 0 aliphatic heterocycles. The largest absolute Gasteiger partial charge is 0.416 e. The van der Waals surface area contributed by atoms with Crippen molar-refractivity contribution in [3.63, 3.8) is 0 Å². The highest BCUT2D eigenvalue weighted by atomic mass is 35.5. The van der Waals surface area contributed by atoms with Crippen molar-refractivity contribution in [2.75, 3.05) is 0 Å². The third-order valence-corrected chi connectivity index (χ3v) is 6.44. The smallest absolute Gasteiger partial charge is 0.289 e. The molecule has 3 heterocycles. The average molecular weight is 588 g/mol. The lowest BCUT2D eigenvalue weighted by Gasteiger charge is -2.15. The zero-order chi connectivity index (χ0) is 29.4. The van der Waals surface area contributed by atoms with E-state index in [0.29, 0.717) is 17.7 Å². The standard InChI is InChI=1S/C28H16ClF6N5O/c29-23-4-2-1-3-21(23)26(41)20-7-10-37-14-22(20)24-25(17-5-8-36-9-6-17)40(39-38-24)15-16-11-18(27(30,31)32)13-19(12-16)28(33,34)35/h1-14H,15H2. The zero-order valence-corrected chi connectivity index (χ0v) is 21.3. The molecule has 0 radical (unpaired) electrons. The number of hydrogen-bond acceptors (Lipinski definition) is 5. The molecule has 0 saturated heterocycles. The summed E-state index contributed by atoms with van der Waals surface area (Å²) < 4.78 is 82.0. The van der Waals surface area contributed by atoms with Gasteiger partial charge in [-0.05, 0) is 54.1 Å². The summed E-state index contributed by atoms with van der Waals surface area (Å²) >= 11 is 6.24. The Labute approximate surface area is 233 Å². The first-order chi connectivity index (χ1) is 19.4.